The average Bonchev–Trinajstić information content (AvgIpc) is 2.67. The highest BCUT2D eigenvalue weighted by molar-refractivity contribution is 6.34. The molecule has 21 heavy (non-hydrogen) atoms. The predicted octanol–water partition coefficient (Wildman–Crippen LogP) is 5.07. The number of hydrogen-bond donors (Lipinski definition) is 2. The number of benzene rings is 1. The Bertz CT molecular complexity index is 490. The molecular weight excluding hydrogens is 284 g/mol. The molecule has 3 nitrogen and oxygen atoms in total. The van der Waals surface area contributed by atoms with Crippen molar-refractivity contribution in [1.29, 1.82) is 0 Å². The normalized spacial score (nSPS) is 22.4. The van der Waals surface area contributed by atoms with Gasteiger partial charge in [-0.3, -0.25) is 4.79 Å². The SMILES string of the molecule is CCC1CCCC(Nc2ccc(NC(C)=O)c(Cl)c2)CC1. The molecule has 0 aromatic heterocycles. The maximum Gasteiger partial charge on any atom is 0.221 e. The lowest BCUT2D eigenvalue weighted by Gasteiger charge is -2.19. The zero-order chi connectivity index (χ0) is 15.2. The summed E-state index contributed by atoms with van der Waals surface area (Å²) < 4.78 is 0. The van der Waals surface area contributed by atoms with Gasteiger partial charge in [-0.1, -0.05) is 37.8 Å². The van der Waals surface area contributed by atoms with E-state index in [9.17, 15) is 4.79 Å². The van der Waals surface area contributed by atoms with Gasteiger partial charge in [-0.05, 0) is 43.4 Å². The molecule has 1 aromatic carbocycles. The van der Waals surface area contributed by atoms with Crippen molar-refractivity contribution in [2.45, 2.75) is 58.4 Å². The van der Waals surface area contributed by atoms with Crippen LogP contribution >= 0.6 is 11.6 Å². The molecular formula is C17H25ClN2O. The summed E-state index contributed by atoms with van der Waals surface area (Å²) in [6.45, 7) is 3.77. The van der Waals surface area contributed by atoms with Gasteiger partial charge in [0.2, 0.25) is 5.91 Å². The summed E-state index contributed by atoms with van der Waals surface area (Å²) in [6.07, 6.45) is 7.71. The van der Waals surface area contributed by atoms with Crippen molar-refractivity contribution in [2.24, 2.45) is 5.92 Å². The van der Waals surface area contributed by atoms with Gasteiger partial charge in [0.15, 0.2) is 0 Å². The first-order chi connectivity index (χ1) is 10.1. The van der Waals surface area contributed by atoms with Gasteiger partial charge in [0.1, 0.15) is 0 Å². The minimum absolute atomic E-state index is 0.105. The van der Waals surface area contributed by atoms with Crippen molar-refractivity contribution >= 4 is 28.9 Å². The van der Waals surface area contributed by atoms with Crippen LogP contribution in [0.1, 0.15) is 52.4 Å². The standard InChI is InChI=1S/C17H25ClN2O/c1-3-13-5-4-6-14(8-7-13)20-15-9-10-17(16(18)11-15)19-12(2)21/h9-11,13-14,20H,3-8H2,1-2H3,(H,19,21). The van der Waals surface area contributed by atoms with E-state index in [4.69, 9.17) is 11.6 Å². The third-order valence-electron chi connectivity index (χ3n) is 4.32. The van der Waals surface area contributed by atoms with Gasteiger partial charge < -0.3 is 10.6 Å². The predicted molar refractivity (Wildman–Crippen MR) is 90.0 cm³/mol. The molecule has 0 heterocycles. The number of anilines is 2. The molecule has 4 heteroatoms. The molecule has 1 aliphatic rings. The maximum atomic E-state index is 11.1. The first-order valence-electron chi connectivity index (χ1n) is 7.92. The topological polar surface area (TPSA) is 41.1 Å². The molecule has 0 saturated heterocycles. The molecule has 2 atom stereocenters. The maximum absolute atomic E-state index is 11.1. The Labute approximate surface area is 132 Å². The third-order valence-corrected chi connectivity index (χ3v) is 4.63. The van der Waals surface area contributed by atoms with Crippen LogP contribution in [0, 0.1) is 5.92 Å². The summed E-state index contributed by atoms with van der Waals surface area (Å²) in [5, 5.41) is 6.90. The summed E-state index contributed by atoms with van der Waals surface area (Å²) >= 11 is 6.21. The molecule has 2 rings (SSSR count). The second-order valence-electron chi connectivity index (χ2n) is 6.00. The van der Waals surface area contributed by atoms with Gasteiger partial charge in [0.05, 0.1) is 10.7 Å². The van der Waals surface area contributed by atoms with Crippen molar-refractivity contribution in [1.82, 2.24) is 0 Å². The first kappa shape index (κ1) is 16.2. The van der Waals surface area contributed by atoms with E-state index in [0.717, 1.165) is 11.6 Å². The Morgan fingerprint density at radius 1 is 1.29 bits per heavy atom. The Morgan fingerprint density at radius 3 is 2.76 bits per heavy atom. The summed E-state index contributed by atoms with van der Waals surface area (Å²) in [4.78, 5) is 11.1. The van der Waals surface area contributed by atoms with Gasteiger partial charge >= 0.3 is 0 Å². The number of carbonyl (C=O) groups excluding carboxylic acids is 1. The van der Waals surface area contributed by atoms with Crippen LogP contribution in [0.4, 0.5) is 11.4 Å². The summed E-state index contributed by atoms with van der Waals surface area (Å²) in [6, 6.07) is 6.27. The van der Waals surface area contributed by atoms with Crippen LogP contribution in [-0.2, 0) is 4.79 Å². The van der Waals surface area contributed by atoms with Crippen LogP contribution < -0.4 is 10.6 Å². The minimum atomic E-state index is -0.105. The van der Waals surface area contributed by atoms with Crippen molar-refractivity contribution < 1.29 is 4.79 Å². The fourth-order valence-corrected chi connectivity index (χ4v) is 3.29. The zero-order valence-electron chi connectivity index (χ0n) is 12.9. The second-order valence-corrected chi connectivity index (χ2v) is 6.41. The van der Waals surface area contributed by atoms with E-state index >= 15 is 0 Å². The molecule has 1 aromatic rings. The first-order valence-corrected chi connectivity index (χ1v) is 8.30. The monoisotopic (exact) mass is 308 g/mol. The van der Waals surface area contributed by atoms with Crippen molar-refractivity contribution in [3.63, 3.8) is 0 Å². The Balaban J connectivity index is 1.96. The van der Waals surface area contributed by atoms with E-state index in [0.29, 0.717) is 16.8 Å². The van der Waals surface area contributed by atoms with E-state index in [1.54, 1.807) is 0 Å². The van der Waals surface area contributed by atoms with Gasteiger partial charge in [-0.15, -0.1) is 0 Å². The number of rotatable bonds is 4. The van der Waals surface area contributed by atoms with E-state index < -0.39 is 0 Å². The van der Waals surface area contributed by atoms with Gasteiger partial charge in [0.25, 0.3) is 0 Å². The summed E-state index contributed by atoms with van der Waals surface area (Å²) in [5.41, 5.74) is 1.70. The van der Waals surface area contributed by atoms with Crippen molar-refractivity contribution in [3.8, 4) is 0 Å². The molecule has 1 fully saturated rings. The van der Waals surface area contributed by atoms with Gasteiger partial charge in [0, 0.05) is 18.7 Å². The Hall–Kier alpha value is -1.22. The highest BCUT2D eigenvalue weighted by Crippen LogP contribution is 2.30. The molecule has 0 spiro atoms. The third kappa shape index (κ3) is 4.92. The molecule has 1 aliphatic carbocycles. The summed E-state index contributed by atoms with van der Waals surface area (Å²) in [5.74, 6) is 0.787. The van der Waals surface area contributed by atoms with Crippen LogP contribution in [-0.4, -0.2) is 11.9 Å². The molecule has 1 saturated carbocycles. The number of nitrogens with one attached hydrogen (secondary N) is 2. The number of halogens is 1. The zero-order valence-corrected chi connectivity index (χ0v) is 13.7. The Kier molecular flexibility index (Phi) is 5.92. The van der Waals surface area contributed by atoms with E-state index in [1.807, 2.05) is 18.2 Å². The summed E-state index contributed by atoms with van der Waals surface area (Å²) in [7, 11) is 0. The fourth-order valence-electron chi connectivity index (χ4n) is 3.06. The lowest BCUT2D eigenvalue weighted by Crippen LogP contribution is -2.18. The van der Waals surface area contributed by atoms with E-state index in [2.05, 4.69) is 17.6 Å². The van der Waals surface area contributed by atoms with Crippen LogP contribution in [0.5, 0.6) is 0 Å². The minimum Gasteiger partial charge on any atom is -0.382 e. The number of carbonyl (C=O) groups is 1. The van der Waals surface area contributed by atoms with E-state index in [-0.39, 0.29) is 5.91 Å². The van der Waals surface area contributed by atoms with Crippen molar-refractivity contribution in [2.75, 3.05) is 10.6 Å². The lowest BCUT2D eigenvalue weighted by molar-refractivity contribution is -0.114. The number of amides is 1. The van der Waals surface area contributed by atoms with Gasteiger partial charge in [-0.25, -0.2) is 0 Å². The van der Waals surface area contributed by atoms with E-state index in [1.165, 1.54) is 45.4 Å². The largest absolute Gasteiger partial charge is 0.382 e. The second kappa shape index (κ2) is 7.69. The Morgan fingerprint density at radius 2 is 2.10 bits per heavy atom. The van der Waals surface area contributed by atoms with Crippen LogP contribution in [0.25, 0.3) is 0 Å². The molecule has 2 unspecified atom stereocenters. The van der Waals surface area contributed by atoms with Crippen LogP contribution in [0.2, 0.25) is 5.02 Å². The lowest BCUT2D eigenvalue weighted by atomic mass is 9.98. The average molecular weight is 309 g/mol. The fraction of sp³-hybridized carbons (Fsp3) is 0.588. The van der Waals surface area contributed by atoms with Crippen LogP contribution in [0.15, 0.2) is 18.2 Å². The quantitative estimate of drug-likeness (QED) is 0.762. The van der Waals surface area contributed by atoms with Gasteiger partial charge in [-0.2, -0.15) is 0 Å². The highest BCUT2D eigenvalue weighted by Gasteiger charge is 2.17. The number of hydrogen-bond acceptors (Lipinski definition) is 2. The highest BCUT2D eigenvalue weighted by atomic mass is 35.5. The van der Waals surface area contributed by atoms with Crippen molar-refractivity contribution in [3.05, 3.63) is 23.2 Å². The molecule has 2 N–H and O–H groups in total. The smallest absolute Gasteiger partial charge is 0.221 e. The van der Waals surface area contributed by atoms with Crippen LogP contribution in [0.3, 0.4) is 0 Å². The molecule has 0 aliphatic heterocycles. The molecule has 0 bridgehead atoms. The molecule has 116 valence electrons. The molecule has 1 amide bonds. The molecule has 0 radical (unpaired) electrons.